The Morgan fingerprint density at radius 1 is 1.11 bits per heavy atom. The second kappa shape index (κ2) is 8.91. The minimum Gasteiger partial charge on any atom is -0.493 e. The van der Waals surface area contributed by atoms with E-state index in [1.165, 1.54) is 11.1 Å². The van der Waals surface area contributed by atoms with Crippen molar-refractivity contribution in [2.24, 2.45) is 0 Å². The Bertz CT molecular complexity index is 777. The van der Waals surface area contributed by atoms with Crippen LogP contribution in [0, 0.1) is 0 Å². The topological polar surface area (TPSA) is 50.8 Å². The van der Waals surface area contributed by atoms with Gasteiger partial charge in [-0.2, -0.15) is 0 Å². The highest BCUT2D eigenvalue weighted by atomic mass is 16.5. The molecule has 1 N–H and O–H groups in total. The van der Waals surface area contributed by atoms with E-state index in [1.54, 1.807) is 14.2 Å². The van der Waals surface area contributed by atoms with E-state index in [1.807, 2.05) is 35.2 Å². The lowest BCUT2D eigenvalue weighted by atomic mass is 9.98. The smallest absolute Gasteiger partial charge is 0.224 e. The summed E-state index contributed by atoms with van der Waals surface area (Å²) in [7, 11) is 3.28. The first-order valence-electron chi connectivity index (χ1n) is 9.42. The maximum atomic E-state index is 12.6. The molecule has 3 rings (SSSR count). The largest absolute Gasteiger partial charge is 0.493 e. The lowest BCUT2D eigenvalue weighted by Crippen LogP contribution is -2.37. The summed E-state index contributed by atoms with van der Waals surface area (Å²) in [5.41, 5.74) is 3.60. The highest BCUT2D eigenvalue weighted by Crippen LogP contribution is 2.33. The van der Waals surface area contributed by atoms with E-state index in [0.29, 0.717) is 25.3 Å². The highest BCUT2D eigenvalue weighted by Gasteiger charge is 2.22. The van der Waals surface area contributed by atoms with Gasteiger partial charge in [-0.3, -0.25) is 4.79 Å². The molecule has 0 saturated carbocycles. The van der Waals surface area contributed by atoms with Gasteiger partial charge < -0.3 is 19.7 Å². The molecule has 1 atom stereocenters. The number of methoxy groups -OCH3 is 2. The van der Waals surface area contributed by atoms with Crippen LogP contribution in [0.4, 0.5) is 0 Å². The first kappa shape index (κ1) is 19.2. The van der Waals surface area contributed by atoms with Crippen LogP contribution in [-0.4, -0.2) is 38.1 Å². The minimum atomic E-state index is 0.184. The molecule has 144 valence electrons. The van der Waals surface area contributed by atoms with Crippen molar-refractivity contribution in [1.29, 1.82) is 0 Å². The number of amides is 1. The summed E-state index contributed by atoms with van der Waals surface area (Å²) in [4.78, 5) is 14.6. The zero-order valence-corrected chi connectivity index (χ0v) is 16.3. The van der Waals surface area contributed by atoms with Gasteiger partial charge in [-0.1, -0.05) is 30.3 Å². The summed E-state index contributed by atoms with van der Waals surface area (Å²) < 4.78 is 10.8. The van der Waals surface area contributed by atoms with Gasteiger partial charge in [-0.25, -0.2) is 0 Å². The molecule has 0 fully saturated rings. The summed E-state index contributed by atoms with van der Waals surface area (Å²) >= 11 is 0. The van der Waals surface area contributed by atoms with Gasteiger partial charge in [0.15, 0.2) is 11.5 Å². The van der Waals surface area contributed by atoms with Gasteiger partial charge in [0.1, 0.15) is 0 Å². The fourth-order valence-corrected chi connectivity index (χ4v) is 3.51. The van der Waals surface area contributed by atoms with Crippen LogP contribution in [0.5, 0.6) is 11.5 Å². The first-order valence-corrected chi connectivity index (χ1v) is 9.42. The maximum absolute atomic E-state index is 12.6. The molecule has 0 bridgehead atoms. The molecule has 1 aliphatic heterocycles. The third-order valence-corrected chi connectivity index (χ3v) is 5.16. The van der Waals surface area contributed by atoms with Crippen molar-refractivity contribution >= 4 is 5.91 Å². The van der Waals surface area contributed by atoms with Gasteiger partial charge in [-0.05, 0) is 42.2 Å². The molecule has 0 spiro atoms. The SMILES string of the molecule is COc1cc2c(cc1OC)CN(C(=O)CCNC(C)c1ccccc1)CC2. The van der Waals surface area contributed by atoms with Crippen LogP contribution >= 0.6 is 0 Å². The molecule has 0 aliphatic carbocycles. The average Bonchev–Trinajstić information content (AvgIpc) is 2.72. The quantitative estimate of drug-likeness (QED) is 0.814. The van der Waals surface area contributed by atoms with Crippen molar-refractivity contribution in [3.05, 3.63) is 59.2 Å². The number of hydrogen-bond donors (Lipinski definition) is 1. The Balaban J connectivity index is 1.54. The van der Waals surface area contributed by atoms with Crippen LogP contribution in [0.2, 0.25) is 0 Å². The normalized spacial score (nSPS) is 14.4. The fourth-order valence-electron chi connectivity index (χ4n) is 3.51. The second-order valence-corrected chi connectivity index (χ2v) is 6.88. The van der Waals surface area contributed by atoms with Crippen LogP contribution < -0.4 is 14.8 Å². The molecule has 27 heavy (non-hydrogen) atoms. The van der Waals surface area contributed by atoms with Gasteiger partial charge in [-0.15, -0.1) is 0 Å². The van der Waals surface area contributed by atoms with Crippen molar-refractivity contribution in [1.82, 2.24) is 10.2 Å². The van der Waals surface area contributed by atoms with Crippen LogP contribution in [0.25, 0.3) is 0 Å². The summed E-state index contributed by atoms with van der Waals surface area (Å²) in [6.07, 6.45) is 1.34. The number of carbonyl (C=O) groups is 1. The van der Waals surface area contributed by atoms with Crippen LogP contribution in [0.1, 0.15) is 36.1 Å². The molecular formula is C22H28N2O3. The summed E-state index contributed by atoms with van der Waals surface area (Å²) in [5, 5.41) is 3.44. The number of hydrogen-bond acceptors (Lipinski definition) is 4. The molecule has 1 amide bonds. The number of ether oxygens (including phenoxy) is 2. The van der Waals surface area contributed by atoms with E-state index in [9.17, 15) is 4.79 Å². The number of benzene rings is 2. The maximum Gasteiger partial charge on any atom is 0.224 e. The van der Waals surface area contributed by atoms with Gasteiger partial charge in [0.05, 0.1) is 14.2 Å². The van der Waals surface area contributed by atoms with Crippen molar-refractivity contribution in [3.8, 4) is 11.5 Å². The van der Waals surface area contributed by atoms with Crippen LogP contribution in [0.15, 0.2) is 42.5 Å². The van der Waals surface area contributed by atoms with Crippen molar-refractivity contribution in [2.75, 3.05) is 27.3 Å². The Hall–Kier alpha value is -2.53. The number of carbonyl (C=O) groups excluding carboxylic acids is 1. The van der Waals surface area contributed by atoms with E-state index in [2.05, 4.69) is 24.4 Å². The van der Waals surface area contributed by atoms with Crippen molar-refractivity contribution in [3.63, 3.8) is 0 Å². The van der Waals surface area contributed by atoms with E-state index in [4.69, 9.17) is 9.47 Å². The van der Waals surface area contributed by atoms with E-state index in [0.717, 1.165) is 24.3 Å². The number of rotatable bonds is 7. The number of nitrogens with one attached hydrogen (secondary N) is 1. The van der Waals surface area contributed by atoms with Crippen LogP contribution in [-0.2, 0) is 17.8 Å². The van der Waals surface area contributed by atoms with E-state index in [-0.39, 0.29) is 11.9 Å². The average molecular weight is 368 g/mol. The molecule has 1 unspecified atom stereocenters. The van der Waals surface area contributed by atoms with Gasteiger partial charge in [0.2, 0.25) is 5.91 Å². The Morgan fingerprint density at radius 2 is 1.78 bits per heavy atom. The zero-order chi connectivity index (χ0) is 19.2. The lowest BCUT2D eigenvalue weighted by Gasteiger charge is -2.30. The van der Waals surface area contributed by atoms with Crippen LogP contribution in [0.3, 0.4) is 0 Å². The molecule has 5 heteroatoms. The van der Waals surface area contributed by atoms with Gasteiger partial charge in [0, 0.05) is 32.1 Å². The molecule has 1 aliphatic rings. The third kappa shape index (κ3) is 4.61. The Labute approximate surface area is 161 Å². The lowest BCUT2D eigenvalue weighted by molar-refractivity contribution is -0.132. The second-order valence-electron chi connectivity index (χ2n) is 6.88. The van der Waals surface area contributed by atoms with Crippen molar-refractivity contribution in [2.45, 2.75) is 32.4 Å². The molecule has 0 aromatic heterocycles. The molecule has 1 heterocycles. The van der Waals surface area contributed by atoms with E-state index >= 15 is 0 Å². The van der Waals surface area contributed by atoms with Gasteiger partial charge in [0.25, 0.3) is 0 Å². The summed E-state index contributed by atoms with van der Waals surface area (Å²) in [6, 6.07) is 14.5. The molecular weight excluding hydrogens is 340 g/mol. The highest BCUT2D eigenvalue weighted by molar-refractivity contribution is 5.76. The Kier molecular flexibility index (Phi) is 6.35. The molecule has 2 aromatic rings. The molecule has 2 aromatic carbocycles. The predicted octanol–water partition coefficient (Wildman–Crippen LogP) is 3.33. The fraction of sp³-hybridized carbons (Fsp3) is 0.409. The van der Waals surface area contributed by atoms with E-state index < -0.39 is 0 Å². The number of nitrogens with zero attached hydrogens (tertiary/aromatic N) is 1. The summed E-state index contributed by atoms with van der Waals surface area (Å²) in [5.74, 6) is 1.64. The monoisotopic (exact) mass is 368 g/mol. The predicted molar refractivity (Wildman–Crippen MR) is 106 cm³/mol. The molecule has 0 saturated heterocycles. The first-order chi connectivity index (χ1) is 13.1. The van der Waals surface area contributed by atoms with Gasteiger partial charge >= 0.3 is 0 Å². The van der Waals surface area contributed by atoms with Crippen molar-refractivity contribution < 1.29 is 14.3 Å². The number of fused-ring (bicyclic) bond motifs is 1. The molecule has 0 radical (unpaired) electrons. The summed E-state index contributed by atoms with van der Waals surface area (Å²) in [6.45, 7) is 4.17. The Morgan fingerprint density at radius 3 is 2.44 bits per heavy atom. The zero-order valence-electron chi connectivity index (χ0n) is 16.3. The third-order valence-electron chi connectivity index (χ3n) is 5.16. The minimum absolute atomic E-state index is 0.184. The molecule has 5 nitrogen and oxygen atoms in total. The standard InChI is InChI=1S/C22H28N2O3/c1-16(17-7-5-4-6-8-17)23-11-9-22(25)24-12-10-18-13-20(26-2)21(27-3)14-19(18)15-24/h4-8,13-14,16,23H,9-12,15H2,1-3H3.